The monoisotopic (exact) mass is 292 g/mol. The molecule has 0 aromatic heterocycles. The lowest BCUT2D eigenvalue weighted by Gasteiger charge is -2.35. The molecule has 0 heterocycles. The first-order valence-corrected chi connectivity index (χ1v) is 7.04. The van der Waals surface area contributed by atoms with Crippen LogP contribution in [-0.4, -0.2) is 22.7 Å². The molecule has 106 valence electrons. The summed E-state index contributed by atoms with van der Waals surface area (Å²) in [5.74, 6) is -2.30. The van der Waals surface area contributed by atoms with Crippen molar-refractivity contribution >= 4 is 29.0 Å². The van der Waals surface area contributed by atoms with Gasteiger partial charge < -0.3 is 0 Å². The number of carbonyl (C=O) groups is 3. The highest BCUT2D eigenvalue weighted by Crippen LogP contribution is 2.38. The summed E-state index contributed by atoms with van der Waals surface area (Å²) in [6.45, 7) is 3.55. The minimum Gasteiger partial charge on any atom is -0.298 e. The summed E-state index contributed by atoms with van der Waals surface area (Å²) in [6.07, 6.45) is 0.255. The fourth-order valence-corrected chi connectivity index (χ4v) is 2.77. The van der Waals surface area contributed by atoms with Gasteiger partial charge in [0, 0.05) is 12.8 Å². The fraction of sp³-hybridized carbons (Fsp3) is 0.438. The summed E-state index contributed by atoms with van der Waals surface area (Å²) >= 11 is 6.11. The second-order valence-electron chi connectivity index (χ2n) is 5.96. The van der Waals surface area contributed by atoms with E-state index >= 15 is 0 Å². The Balaban J connectivity index is 2.18. The van der Waals surface area contributed by atoms with E-state index in [1.54, 1.807) is 26.0 Å². The van der Waals surface area contributed by atoms with Gasteiger partial charge in [-0.2, -0.15) is 0 Å². The van der Waals surface area contributed by atoms with E-state index in [0.717, 1.165) is 5.56 Å². The van der Waals surface area contributed by atoms with E-state index in [9.17, 15) is 14.4 Å². The molecule has 20 heavy (non-hydrogen) atoms. The number of halogens is 1. The van der Waals surface area contributed by atoms with Gasteiger partial charge in [-0.3, -0.25) is 14.4 Å². The summed E-state index contributed by atoms with van der Waals surface area (Å²) in [6, 6.07) is 9.10. The van der Waals surface area contributed by atoms with Crippen LogP contribution in [0.1, 0.15) is 25.8 Å². The van der Waals surface area contributed by atoms with Crippen molar-refractivity contribution < 1.29 is 14.4 Å². The van der Waals surface area contributed by atoms with Gasteiger partial charge in [-0.1, -0.05) is 44.2 Å². The maximum atomic E-state index is 12.2. The zero-order valence-corrected chi connectivity index (χ0v) is 12.3. The summed E-state index contributed by atoms with van der Waals surface area (Å²) in [7, 11) is 0. The lowest BCUT2D eigenvalue weighted by Crippen LogP contribution is -2.49. The first-order valence-electron chi connectivity index (χ1n) is 6.60. The van der Waals surface area contributed by atoms with Crippen molar-refractivity contribution in [2.24, 2.45) is 11.3 Å². The highest BCUT2D eigenvalue weighted by Gasteiger charge is 2.49. The van der Waals surface area contributed by atoms with E-state index in [1.165, 1.54) is 0 Å². The summed E-state index contributed by atoms with van der Waals surface area (Å²) in [5.41, 5.74) is 0.216. The number of Topliss-reactive ketones (excluding diaryl/α,β-unsaturated/α-hetero) is 3. The first kappa shape index (κ1) is 14.9. The van der Waals surface area contributed by atoms with Crippen LogP contribution in [0.5, 0.6) is 0 Å². The second-order valence-corrected chi connectivity index (χ2v) is 6.39. The lowest BCUT2D eigenvalue weighted by molar-refractivity contribution is -0.144. The Labute approximate surface area is 123 Å². The van der Waals surface area contributed by atoms with E-state index in [1.807, 2.05) is 18.2 Å². The van der Waals surface area contributed by atoms with Gasteiger partial charge in [0.1, 0.15) is 5.92 Å². The summed E-state index contributed by atoms with van der Waals surface area (Å²) in [5, 5.41) is -0.787. The molecule has 2 atom stereocenters. The van der Waals surface area contributed by atoms with Crippen molar-refractivity contribution in [3.63, 3.8) is 0 Å². The third kappa shape index (κ3) is 2.83. The molecule has 4 heteroatoms. The molecule has 3 nitrogen and oxygen atoms in total. The average Bonchev–Trinajstić information content (AvgIpc) is 2.37. The number of benzene rings is 1. The van der Waals surface area contributed by atoms with Gasteiger partial charge in [0.25, 0.3) is 0 Å². The van der Waals surface area contributed by atoms with Crippen LogP contribution in [0, 0.1) is 11.3 Å². The van der Waals surface area contributed by atoms with Gasteiger partial charge >= 0.3 is 0 Å². The van der Waals surface area contributed by atoms with Gasteiger partial charge in [-0.05, 0) is 11.0 Å². The molecule has 0 radical (unpaired) electrons. The van der Waals surface area contributed by atoms with Crippen LogP contribution in [0.25, 0.3) is 0 Å². The highest BCUT2D eigenvalue weighted by molar-refractivity contribution is 6.38. The topological polar surface area (TPSA) is 51.2 Å². The second kappa shape index (κ2) is 5.49. The fourth-order valence-electron chi connectivity index (χ4n) is 2.57. The van der Waals surface area contributed by atoms with Crippen LogP contribution in [0.4, 0.5) is 0 Å². The van der Waals surface area contributed by atoms with Crippen LogP contribution in [-0.2, 0) is 20.8 Å². The molecule has 1 aromatic rings. The summed E-state index contributed by atoms with van der Waals surface area (Å²) < 4.78 is 0. The van der Waals surface area contributed by atoms with Gasteiger partial charge in [-0.15, -0.1) is 11.6 Å². The lowest BCUT2D eigenvalue weighted by atomic mass is 9.69. The number of hydrogen-bond donors (Lipinski definition) is 0. The maximum absolute atomic E-state index is 12.2. The van der Waals surface area contributed by atoms with Crippen molar-refractivity contribution in [3.05, 3.63) is 35.9 Å². The van der Waals surface area contributed by atoms with E-state index in [4.69, 9.17) is 11.6 Å². The Morgan fingerprint density at radius 3 is 2.45 bits per heavy atom. The average molecular weight is 293 g/mol. The molecule has 0 amide bonds. The van der Waals surface area contributed by atoms with E-state index < -0.39 is 22.5 Å². The Bertz CT molecular complexity index is 548. The number of hydrogen-bond acceptors (Lipinski definition) is 3. The molecule has 1 aromatic carbocycles. The number of carbonyl (C=O) groups excluding carboxylic acids is 3. The number of ketones is 3. The summed E-state index contributed by atoms with van der Waals surface area (Å²) in [4.78, 5) is 36.6. The Kier molecular flexibility index (Phi) is 4.09. The van der Waals surface area contributed by atoms with Crippen molar-refractivity contribution in [1.29, 1.82) is 0 Å². The number of alkyl halides is 1. The van der Waals surface area contributed by atoms with Crippen molar-refractivity contribution in [2.45, 2.75) is 32.1 Å². The van der Waals surface area contributed by atoms with Gasteiger partial charge in [0.2, 0.25) is 0 Å². The van der Waals surface area contributed by atoms with Crippen LogP contribution >= 0.6 is 11.6 Å². The smallest absolute Gasteiger partial charge is 0.169 e. The highest BCUT2D eigenvalue weighted by atomic mass is 35.5. The third-order valence-electron chi connectivity index (χ3n) is 3.72. The number of rotatable bonds is 3. The molecular formula is C16H17ClO3. The molecule has 1 saturated carbocycles. The minimum absolute atomic E-state index is 0.0903. The van der Waals surface area contributed by atoms with Gasteiger partial charge in [-0.25, -0.2) is 0 Å². The molecule has 0 spiro atoms. The minimum atomic E-state index is -1.19. The van der Waals surface area contributed by atoms with Crippen LogP contribution < -0.4 is 0 Å². The molecule has 1 fully saturated rings. The quantitative estimate of drug-likeness (QED) is 0.635. The van der Waals surface area contributed by atoms with Crippen LogP contribution in [0.3, 0.4) is 0 Å². The van der Waals surface area contributed by atoms with Crippen LogP contribution in [0.2, 0.25) is 0 Å². The van der Waals surface area contributed by atoms with E-state index in [2.05, 4.69) is 0 Å². The first-order chi connectivity index (χ1) is 9.33. The SMILES string of the molecule is CC1(C)CC(=O)[C@@H](C(=O)Cc2ccccc2)C(=O)[C@@H]1Cl. The zero-order valence-electron chi connectivity index (χ0n) is 11.6. The van der Waals surface area contributed by atoms with Crippen molar-refractivity contribution in [1.82, 2.24) is 0 Å². The van der Waals surface area contributed by atoms with Gasteiger partial charge in [0.05, 0.1) is 5.38 Å². The molecule has 0 unspecified atom stereocenters. The van der Waals surface area contributed by atoms with E-state index in [-0.39, 0.29) is 24.4 Å². The van der Waals surface area contributed by atoms with Gasteiger partial charge in [0.15, 0.2) is 17.3 Å². The largest absolute Gasteiger partial charge is 0.298 e. The molecule has 0 saturated heterocycles. The third-order valence-corrected chi connectivity index (χ3v) is 4.52. The molecule has 2 rings (SSSR count). The maximum Gasteiger partial charge on any atom is 0.169 e. The zero-order chi connectivity index (χ0) is 14.9. The molecule has 1 aliphatic rings. The molecule has 1 aliphatic carbocycles. The normalized spacial score (nSPS) is 25.6. The van der Waals surface area contributed by atoms with Crippen molar-refractivity contribution in [2.75, 3.05) is 0 Å². The molecule has 0 N–H and O–H groups in total. The Hall–Kier alpha value is -1.48. The molecule has 0 bridgehead atoms. The predicted octanol–water partition coefficient (Wildman–Crippen LogP) is 2.59. The van der Waals surface area contributed by atoms with E-state index in [0.29, 0.717) is 0 Å². The van der Waals surface area contributed by atoms with Crippen molar-refractivity contribution in [3.8, 4) is 0 Å². The predicted molar refractivity (Wildman–Crippen MR) is 76.7 cm³/mol. The Morgan fingerprint density at radius 2 is 1.85 bits per heavy atom. The molecule has 0 aliphatic heterocycles. The Morgan fingerprint density at radius 1 is 1.25 bits per heavy atom. The molecular weight excluding hydrogens is 276 g/mol. The van der Waals surface area contributed by atoms with Crippen LogP contribution in [0.15, 0.2) is 30.3 Å². The standard InChI is InChI=1S/C16H17ClO3/c1-16(2)9-12(19)13(14(20)15(16)17)11(18)8-10-6-4-3-5-7-10/h3-7,13,15H,8-9H2,1-2H3/t13-,15+/m1/s1.